The minimum atomic E-state index is -0.598. The number of ether oxygens (including phenoxy) is 1. The molecule has 0 saturated heterocycles. The number of unbranched alkanes of at least 4 members (excludes halogenated alkanes) is 14. The molecule has 4 heteroatoms. The van der Waals surface area contributed by atoms with Crippen LogP contribution in [0, 0.1) is 0 Å². The maximum Gasteiger partial charge on any atom is 0.332 e. The molecule has 0 heterocycles. The number of carbonyl (C=O) groups excluding carboxylic acids is 2. The Labute approximate surface area is 167 Å². The first-order chi connectivity index (χ1) is 13.1. The predicted octanol–water partition coefficient (Wildman–Crippen LogP) is 6.44. The van der Waals surface area contributed by atoms with Gasteiger partial charge >= 0.3 is 5.97 Å². The van der Waals surface area contributed by atoms with Crippen LogP contribution in [0.1, 0.15) is 117 Å². The summed E-state index contributed by atoms with van der Waals surface area (Å²) < 4.78 is 4.91. The lowest BCUT2D eigenvalue weighted by Crippen LogP contribution is -2.35. The second-order valence-electron chi connectivity index (χ2n) is 7.55. The van der Waals surface area contributed by atoms with Gasteiger partial charge in [-0.25, -0.2) is 4.79 Å². The standard InChI is InChI=1S/C23H43NO3/c1-4-6-7-8-9-10-11-12-13-14-15-16-17-18-19-20-22(25)24-21(3)27-23(26)5-2/h5,21H,2,4,6-20H2,1,3H3,(H,24,25). The molecule has 1 atom stereocenters. The molecule has 0 fully saturated rings. The molecule has 27 heavy (non-hydrogen) atoms. The molecule has 0 aliphatic heterocycles. The fourth-order valence-corrected chi connectivity index (χ4v) is 3.21. The van der Waals surface area contributed by atoms with Gasteiger partial charge in [-0.2, -0.15) is 0 Å². The van der Waals surface area contributed by atoms with E-state index in [0.29, 0.717) is 6.42 Å². The average molecular weight is 382 g/mol. The number of nitrogens with one attached hydrogen (secondary N) is 1. The summed E-state index contributed by atoms with van der Waals surface area (Å²) in [7, 11) is 0. The quantitative estimate of drug-likeness (QED) is 0.121. The zero-order valence-corrected chi connectivity index (χ0v) is 17.9. The number of hydrogen-bond donors (Lipinski definition) is 1. The van der Waals surface area contributed by atoms with Gasteiger partial charge < -0.3 is 10.1 Å². The number of carbonyl (C=O) groups is 2. The van der Waals surface area contributed by atoms with E-state index in [1.807, 2.05) is 0 Å². The Balaban J connectivity index is 3.27. The lowest BCUT2D eigenvalue weighted by Gasteiger charge is -2.13. The minimum Gasteiger partial charge on any atom is -0.439 e. The van der Waals surface area contributed by atoms with Crippen molar-refractivity contribution in [3.63, 3.8) is 0 Å². The number of rotatable bonds is 19. The predicted molar refractivity (Wildman–Crippen MR) is 113 cm³/mol. The lowest BCUT2D eigenvalue weighted by molar-refractivity contribution is -0.145. The zero-order valence-electron chi connectivity index (χ0n) is 17.9. The third-order valence-corrected chi connectivity index (χ3v) is 4.83. The SMILES string of the molecule is C=CC(=O)OC(C)NC(=O)CCCCCCCCCCCCCCCCC. The van der Waals surface area contributed by atoms with Crippen LogP contribution in [0.4, 0.5) is 0 Å². The molecular weight excluding hydrogens is 338 g/mol. The second kappa shape index (κ2) is 19.4. The Hall–Kier alpha value is -1.32. The third-order valence-electron chi connectivity index (χ3n) is 4.83. The molecular formula is C23H43NO3. The molecule has 1 amide bonds. The van der Waals surface area contributed by atoms with Crippen LogP contribution < -0.4 is 5.32 Å². The van der Waals surface area contributed by atoms with E-state index >= 15 is 0 Å². The normalized spacial score (nSPS) is 11.8. The Morgan fingerprint density at radius 1 is 0.815 bits per heavy atom. The maximum absolute atomic E-state index is 11.7. The first-order valence-electron chi connectivity index (χ1n) is 11.2. The van der Waals surface area contributed by atoms with Crippen molar-refractivity contribution in [2.24, 2.45) is 0 Å². The molecule has 0 spiro atoms. The molecule has 0 aromatic carbocycles. The highest BCUT2D eigenvalue weighted by Gasteiger charge is 2.09. The van der Waals surface area contributed by atoms with Crippen LogP contribution in [-0.4, -0.2) is 18.1 Å². The van der Waals surface area contributed by atoms with Gasteiger partial charge in [0.1, 0.15) is 0 Å². The van der Waals surface area contributed by atoms with E-state index in [0.717, 1.165) is 18.9 Å². The van der Waals surface area contributed by atoms with Crippen LogP contribution in [0.2, 0.25) is 0 Å². The van der Waals surface area contributed by atoms with E-state index in [9.17, 15) is 9.59 Å². The van der Waals surface area contributed by atoms with Gasteiger partial charge in [0.25, 0.3) is 0 Å². The minimum absolute atomic E-state index is 0.0611. The van der Waals surface area contributed by atoms with E-state index < -0.39 is 12.2 Å². The molecule has 0 radical (unpaired) electrons. The fraction of sp³-hybridized carbons (Fsp3) is 0.826. The molecule has 1 unspecified atom stereocenters. The molecule has 0 rings (SSSR count). The summed E-state index contributed by atoms with van der Waals surface area (Å²) in [6.45, 7) is 7.24. The summed E-state index contributed by atoms with van der Waals surface area (Å²) in [5.74, 6) is -0.580. The molecule has 0 bridgehead atoms. The van der Waals surface area contributed by atoms with Crippen LogP contribution in [0.5, 0.6) is 0 Å². The average Bonchev–Trinajstić information content (AvgIpc) is 2.64. The number of amides is 1. The maximum atomic E-state index is 11.7. The monoisotopic (exact) mass is 381 g/mol. The molecule has 0 aliphatic rings. The van der Waals surface area contributed by atoms with Crippen molar-refractivity contribution in [1.29, 1.82) is 0 Å². The van der Waals surface area contributed by atoms with Crippen LogP contribution in [-0.2, 0) is 14.3 Å². The van der Waals surface area contributed by atoms with Gasteiger partial charge in [-0.3, -0.25) is 4.79 Å². The highest BCUT2D eigenvalue weighted by Crippen LogP contribution is 2.13. The van der Waals surface area contributed by atoms with E-state index in [1.165, 1.54) is 83.5 Å². The van der Waals surface area contributed by atoms with Crippen molar-refractivity contribution < 1.29 is 14.3 Å². The summed E-state index contributed by atoms with van der Waals surface area (Å²) in [5, 5.41) is 2.66. The number of esters is 1. The van der Waals surface area contributed by atoms with Crippen LogP contribution >= 0.6 is 0 Å². The highest BCUT2D eigenvalue weighted by atomic mass is 16.6. The van der Waals surface area contributed by atoms with Crippen LogP contribution in [0.15, 0.2) is 12.7 Å². The lowest BCUT2D eigenvalue weighted by atomic mass is 10.0. The van der Waals surface area contributed by atoms with Gasteiger partial charge in [0.2, 0.25) is 5.91 Å². The molecule has 0 aromatic rings. The summed E-state index contributed by atoms with van der Waals surface area (Å²) in [5.41, 5.74) is 0. The molecule has 4 nitrogen and oxygen atoms in total. The summed E-state index contributed by atoms with van der Waals surface area (Å²) in [6.07, 6.45) is 20.7. The van der Waals surface area contributed by atoms with Crippen molar-refractivity contribution >= 4 is 11.9 Å². The van der Waals surface area contributed by atoms with Crippen molar-refractivity contribution in [3.05, 3.63) is 12.7 Å². The van der Waals surface area contributed by atoms with E-state index in [4.69, 9.17) is 4.74 Å². The van der Waals surface area contributed by atoms with E-state index in [1.54, 1.807) is 6.92 Å². The second-order valence-corrected chi connectivity index (χ2v) is 7.55. The largest absolute Gasteiger partial charge is 0.439 e. The van der Waals surface area contributed by atoms with Crippen molar-refractivity contribution in [3.8, 4) is 0 Å². The Morgan fingerprint density at radius 2 is 1.22 bits per heavy atom. The van der Waals surface area contributed by atoms with Crippen LogP contribution in [0.25, 0.3) is 0 Å². The van der Waals surface area contributed by atoms with Gasteiger partial charge in [-0.1, -0.05) is 103 Å². The van der Waals surface area contributed by atoms with E-state index in [2.05, 4.69) is 18.8 Å². The van der Waals surface area contributed by atoms with Crippen LogP contribution in [0.3, 0.4) is 0 Å². The molecule has 1 N–H and O–H groups in total. The van der Waals surface area contributed by atoms with Gasteiger partial charge in [0.15, 0.2) is 6.23 Å². The first-order valence-corrected chi connectivity index (χ1v) is 11.2. The topological polar surface area (TPSA) is 55.4 Å². The van der Waals surface area contributed by atoms with Gasteiger partial charge in [-0.15, -0.1) is 0 Å². The van der Waals surface area contributed by atoms with Gasteiger partial charge in [-0.05, 0) is 13.3 Å². The smallest absolute Gasteiger partial charge is 0.332 e. The molecule has 158 valence electrons. The summed E-state index contributed by atoms with van der Waals surface area (Å²) in [6, 6.07) is 0. The zero-order chi connectivity index (χ0) is 20.2. The summed E-state index contributed by atoms with van der Waals surface area (Å²) in [4.78, 5) is 22.7. The van der Waals surface area contributed by atoms with Crippen molar-refractivity contribution in [2.75, 3.05) is 0 Å². The summed E-state index contributed by atoms with van der Waals surface area (Å²) >= 11 is 0. The third kappa shape index (κ3) is 19.3. The number of hydrogen-bond acceptors (Lipinski definition) is 3. The fourth-order valence-electron chi connectivity index (χ4n) is 3.21. The molecule has 0 aliphatic carbocycles. The van der Waals surface area contributed by atoms with Gasteiger partial charge in [0.05, 0.1) is 0 Å². The Morgan fingerprint density at radius 3 is 1.63 bits per heavy atom. The highest BCUT2D eigenvalue weighted by molar-refractivity contribution is 5.82. The van der Waals surface area contributed by atoms with Gasteiger partial charge in [0, 0.05) is 12.5 Å². The first kappa shape index (κ1) is 25.7. The van der Waals surface area contributed by atoms with Crippen molar-refractivity contribution in [1.82, 2.24) is 5.32 Å². The van der Waals surface area contributed by atoms with E-state index in [-0.39, 0.29) is 5.91 Å². The Kier molecular flexibility index (Phi) is 18.5. The molecule has 0 saturated carbocycles. The Bertz CT molecular complexity index is 382. The molecule has 0 aromatic heterocycles. The van der Waals surface area contributed by atoms with Crippen molar-refractivity contribution in [2.45, 2.75) is 123 Å².